The number of nitrogens with zero attached hydrogens (tertiary/aromatic N) is 5. The van der Waals surface area contributed by atoms with Crippen molar-refractivity contribution in [2.75, 3.05) is 44.2 Å². The van der Waals surface area contributed by atoms with Gasteiger partial charge in [-0.05, 0) is 13.8 Å². The number of rotatable bonds is 13. The van der Waals surface area contributed by atoms with Crippen LogP contribution in [0.1, 0.15) is 55.7 Å². The third-order valence-electron chi connectivity index (χ3n) is 10.4. The molecule has 0 aromatic carbocycles. The summed E-state index contributed by atoms with van der Waals surface area (Å²) in [5, 5.41) is 50.9. The molecule has 7 heterocycles. The minimum Gasteiger partial charge on any atom is -0.546 e. The van der Waals surface area contributed by atoms with Gasteiger partial charge in [-0.3, -0.25) is 24.1 Å². The van der Waals surface area contributed by atoms with Crippen molar-refractivity contribution in [3.63, 3.8) is 0 Å². The first kappa shape index (κ1) is 36.8. The maximum absolute atomic E-state index is 13.5. The van der Waals surface area contributed by atoms with Crippen LogP contribution in [-0.2, 0) is 24.0 Å². The molecule has 278 valence electrons. The number of piperidine rings is 3. The van der Waals surface area contributed by atoms with Crippen molar-refractivity contribution in [3.8, 4) is 5.75 Å². The lowest BCUT2D eigenvalue weighted by Crippen LogP contribution is -2.66. The Kier molecular flexibility index (Phi) is 9.60. The van der Waals surface area contributed by atoms with Crippen LogP contribution >= 0.6 is 23.1 Å². The number of amides is 2. The molecule has 2 bridgehead atoms. The summed E-state index contributed by atoms with van der Waals surface area (Å²) in [6.45, 7) is 5.16. The molecular weight excluding hydrogens is 723 g/mol. The molecule has 2 atom stereocenters. The SMILES string of the molecule is CC(C)(O/N=C(\C(=O)C[C@@H]1C(=O)N2C(C(=O)[O-])=C(C[N+]34CCC(CNC(=O)c5cc(=O)c(O)cn5O)(CC3)CC4)CS[C@H]12)c1csc(N)n1)C(=O)[O-]. The number of anilines is 1. The molecule has 2 aromatic rings. The number of Topliss-reactive ketones (excluding diaryl/α,β-unsaturated/α-hetero) is 1. The van der Waals surface area contributed by atoms with Crippen LogP contribution in [0.2, 0.25) is 0 Å². The molecule has 0 aliphatic carbocycles. The molecular formula is C32H36N7O11S2-. The van der Waals surface area contributed by atoms with Gasteiger partial charge in [0.15, 0.2) is 28.0 Å². The number of β-lactam (4-membered cyclic amide) rings is 1. The zero-order valence-electron chi connectivity index (χ0n) is 28.2. The summed E-state index contributed by atoms with van der Waals surface area (Å²) >= 11 is 2.37. The summed E-state index contributed by atoms with van der Waals surface area (Å²) in [4.78, 5) is 85.8. The molecule has 2 aromatic heterocycles. The van der Waals surface area contributed by atoms with Gasteiger partial charge in [0.1, 0.15) is 17.9 Å². The molecule has 20 heteroatoms. The Morgan fingerprint density at radius 3 is 2.46 bits per heavy atom. The average molecular weight is 759 g/mol. The zero-order chi connectivity index (χ0) is 37.7. The van der Waals surface area contributed by atoms with Gasteiger partial charge in [-0.15, -0.1) is 23.1 Å². The van der Waals surface area contributed by atoms with E-state index in [9.17, 15) is 49.3 Å². The number of hydrogen-bond donors (Lipinski definition) is 4. The summed E-state index contributed by atoms with van der Waals surface area (Å²) < 4.78 is 0.999. The Balaban J connectivity index is 1.11. The fourth-order valence-electron chi connectivity index (χ4n) is 7.14. The van der Waals surface area contributed by atoms with E-state index in [4.69, 9.17) is 10.6 Å². The summed E-state index contributed by atoms with van der Waals surface area (Å²) in [7, 11) is 0. The summed E-state index contributed by atoms with van der Waals surface area (Å²) in [5.74, 6) is -6.24. The number of aromatic hydroxyl groups is 1. The molecule has 0 saturated carbocycles. The van der Waals surface area contributed by atoms with Crippen molar-refractivity contribution in [2.45, 2.75) is 50.5 Å². The van der Waals surface area contributed by atoms with Gasteiger partial charge in [0.25, 0.3) is 5.91 Å². The number of aromatic nitrogens is 2. The number of hydrogen-bond acceptors (Lipinski definition) is 16. The zero-order valence-corrected chi connectivity index (χ0v) is 29.8. The number of oxime groups is 1. The standard InChI is InChI=1S/C32H37N7O11S2/c1-31(2,29(47)48)50-36-23(18-14-52-30(33)35-18)21(41)9-17-26(44)38-24(28(45)46)16(13-51-27(17)38)12-39-6-3-32(4-7-39,5-8-39)15-34-25(43)19-10-20(40)22(42)11-37(19)49/h10-11,14,17,27,49H,3-9,12-13,15H2,1-2H3,(H5-,33,34,35,42,43,45,46,47,48)/p-1/b36-23-/t17-,27-,32?,39?/m1/s1. The summed E-state index contributed by atoms with van der Waals surface area (Å²) in [5.41, 5.74) is 2.60. The lowest BCUT2D eigenvalue weighted by atomic mass is 9.70. The summed E-state index contributed by atoms with van der Waals surface area (Å²) in [6, 6.07) is 0.855. The van der Waals surface area contributed by atoms with E-state index in [0.717, 1.165) is 42.9 Å². The van der Waals surface area contributed by atoms with E-state index < -0.39 is 57.6 Å². The number of carboxylic acid groups (broad SMARTS) is 2. The van der Waals surface area contributed by atoms with Crippen LogP contribution in [-0.4, -0.2) is 114 Å². The number of nitrogens with one attached hydrogen (secondary N) is 1. The smallest absolute Gasteiger partial charge is 0.271 e. The molecule has 4 saturated heterocycles. The lowest BCUT2D eigenvalue weighted by Gasteiger charge is -2.56. The Labute approximate surface area is 304 Å². The Bertz CT molecular complexity index is 1960. The van der Waals surface area contributed by atoms with Crippen LogP contribution in [0.15, 0.2) is 38.9 Å². The number of thiazole rings is 1. The van der Waals surface area contributed by atoms with Crippen LogP contribution < -0.4 is 26.7 Å². The molecule has 5 aliphatic heterocycles. The number of aliphatic carboxylic acids is 2. The fourth-order valence-corrected chi connectivity index (χ4v) is 9.09. The minimum atomic E-state index is -1.88. The van der Waals surface area contributed by atoms with E-state index in [-0.39, 0.29) is 39.8 Å². The molecule has 0 unspecified atom stereocenters. The number of carboxylic acids is 2. The average Bonchev–Trinajstić information content (AvgIpc) is 3.53. The van der Waals surface area contributed by atoms with Crippen molar-refractivity contribution < 1.29 is 53.8 Å². The van der Waals surface area contributed by atoms with Gasteiger partial charge >= 0.3 is 0 Å². The van der Waals surface area contributed by atoms with E-state index in [1.165, 1.54) is 35.9 Å². The molecule has 0 radical (unpaired) electrons. The number of quaternary nitrogens is 1. The Hall–Kier alpha value is -4.95. The number of ketones is 1. The second kappa shape index (κ2) is 13.6. The van der Waals surface area contributed by atoms with Gasteiger partial charge in [-0.2, -0.15) is 4.73 Å². The third kappa shape index (κ3) is 6.84. The van der Waals surface area contributed by atoms with Gasteiger partial charge < -0.3 is 50.5 Å². The highest BCUT2D eigenvalue weighted by molar-refractivity contribution is 8.00. The lowest BCUT2D eigenvalue weighted by molar-refractivity contribution is -0.941. The topological polar surface area (TPSA) is 270 Å². The first-order valence-electron chi connectivity index (χ1n) is 16.3. The maximum Gasteiger partial charge on any atom is 0.271 e. The highest BCUT2D eigenvalue weighted by Gasteiger charge is 2.55. The van der Waals surface area contributed by atoms with Crippen LogP contribution in [0.25, 0.3) is 0 Å². The van der Waals surface area contributed by atoms with E-state index >= 15 is 0 Å². The fraction of sp³-hybridized carbons (Fsp3) is 0.500. The maximum atomic E-state index is 13.5. The van der Waals surface area contributed by atoms with E-state index in [0.29, 0.717) is 53.3 Å². The highest BCUT2D eigenvalue weighted by atomic mass is 32.2. The van der Waals surface area contributed by atoms with Crippen LogP contribution in [0.4, 0.5) is 5.13 Å². The van der Waals surface area contributed by atoms with Crippen molar-refractivity contribution in [3.05, 3.63) is 50.5 Å². The largest absolute Gasteiger partial charge is 0.546 e. The molecule has 5 aliphatic rings. The van der Waals surface area contributed by atoms with Gasteiger partial charge in [-0.25, -0.2) is 4.98 Å². The highest BCUT2D eigenvalue weighted by Crippen LogP contribution is 2.48. The van der Waals surface area contributed by atoms with Gasteiger partial charge in [-0.1, -0.05) is 5.16 Å². The van der Waals surface area contributed by atoms with Crippen molar-refractivity contribution in [2.24, 2.45) is 16.5 Å². The van der Waals surface area contributed by atoms with E-state index in [1.807, 2.05) is 0 Å². The molecule has 2 amide bonds. The van der Waals surface area contributed by atoms with Crippen LogP contribution in [0.3, 0.4) is 0 Å². The molecule has 4 fully saturated rings. The molecule has 52 heavy (non-hydrogen) atoms. The minimum absolute atomic E-state index is 0.0380. The monoisotopic (exact) mass is 758 g/mol. The molecule has 0 spiro atoms. The predicted molar refractivity (Wildman–Crippen MR) is 179 cm³/mol. The number of carbonyl (C=O) groups is 5. The normalized spacial score (nSPS) is 25.7. The van der Waals surface area contributed by atoms with Crippen molar-refractivity contribution in [1.29, 1.82) is 0 Å². The van der Waals surface area contributed by atoms with Crippen LogP contribution in [0, 0.1) is 11.3 Å². The number of thioether (sulfide) groups is 1. The van der Waals surface area contributed by atoms with E-state index in [2.05, 4.69) is 15.5 Å². The molecule has 5 N–H and O–H groups in total. The number of nitrogens with two attached hydrogens (primary N) is 1. The number of fused-ring (bicyclic) bond motifs is 4. The predicted octanol–water partition coefficient (Wildman–Crippen LogP) is -2.00. The quantitative estimate of drug-likeness (QED) is 0.0566. The first-order chi connectivity index (χ1) is 24.4. The second-order valence-electron chi connectivity index (χ2n) is 14.1. The summed E-state index contributed by atoms with van der Waals surface area (Å²) in [6.07, 6.45) is 2.57. The molecule has 7 rings (SSSR count). The van der Waals surface area contributed by atoms with E-state index in [1.54, 1.807) is 0 Å². The second-order valence-corrected chi connectivity index (χ2v) is 16.1. The number of nitrogen functional groups attached to an aromatic ring is 1. The van der Waals surface area contributed by atoms with Crippen molar-refractivity contribution >= 4 is 63.5 Å². The van der Waals surface area contributed by atoms with Gasteiger partial charge in [0, 0.05) is 60.4 Å². The Morgan fingerprint density at radius 2 is 1.87 bits per heavy atom. The van der Waals surface area contributed by atoms with Gasteiger partial charge in [0.05, 0.1) is 54.8 Å². The number of pyridine rings is 1. The van der Waals surface area contributed by atoms with Crippen molar-refractivity contribution in [1.82, 2.24) is 19.9 Å². The number of carbonyl (C=O) groups excluding carboxylic acids is 5. The van der Waals surface area contributed by atoms with Crippen LogP contribution in [0.5, 0.6) is 5.75 Å². The first-order valence-corrected chi connectivity index (χ1v) is 18.3. The third-order valence-corrected chi connectivity index (χ3v) is 12.5. The van der Waals surface area contributed by atoms with Gasteiger partial charge in [0.2, 0.25) is 11.3 Å². The molecule has 18 nitrogen and oxygen atoms in total. The Morgan fingerprint density at radius 1 is 1.19 bits per heavy atom.